The molecule has 0 N–H and O–H groups in total. The van der Waals surface area contributed by atoms with E-state index in [1.54, 1.807) is 0 Å². The lowest BCUT2D eigenvalue weighted by Gasteiger charge is -2.13. The average molecular weight is 389 g/mol. The minimum atomic E-state index is 0.855. The van der Waals surface area contributed by atoms with Gasteiger partial charge in [-0.15, -0.1) is 0 Å². The second kappa shape index (κ2) is 9.15. The highest BCUT2D eigenvalue weighted by atomic mass is 14.8. The van der Waals surface area contributed by atoms with Gasteiger partial charge in [0.25, 0.3) is 0 Å². The van der Waals surface area contributed by atoms with Crippen LogP contribution >= 0.6 is 0 Å². The molecule has 4 aromatic carbocycles. The number of para-hydroxylation sites is 2. The van der Waals surface area contributed by atoms with Crippen LogP contribution in [0.4, 0.5) is 11.4 Å². The van der Waals surface area contributed by atoms with Crippen molar-refractivity contribution in [2.45, 2.75) is 13.8 Å². The molecule has 0 amide bonds. The molecule has 0 aliphatic carbocycles. The molecule has 0 saturated carbocycles. The van der Waals surface area contributed by atoms with Crippen molar-refractivity contribution in [1.29, 1.82) is 0 Å². The molecule has 0 aliphatic rings. The first-order valence-corrected chi connectivity index (χ1v) is 10.1. The van der Waals surface area contributed by atoms with E-state index in [4.69, 9.17) is 9.98 Å². The van der Waals surface area contributed by atoms with E-state index in [1.165, 1.54) is 11.1 Å². The highest BCUT2D eigenvalue weighted by molar-refractivity contribution is 6.54. The van der Waals surface area contributed by atoms with Crippen LogP contribution in [0.3, 0.4) is 0 Å². The van der Waals surface area contributed by atoms with Crippen molar-refractivity contribution in [1.82, 2.24) is 0 Å². The molecule has 0 bridgehead atoms. The zero-order chi connectivity index (χ0) is 20.8. The highest BCUT2D eigenvalue weighted by Crippen LogP contribution is 2.21. The molecule has 0 atom stereocenters. The molecular weight excluding hydrogens is 364 g/mol. The van der Waals surface area contributed by atoms with Crippen molar-refractivity contribution >= 4 is 22.8 Å². The van der Waals surface area contributed by atoms with E-state index in [9.17, 15) is 0 Å². The second-order valence-corrected chi connectivity index (χ2v) is 7.32. The molecule has 4 aromatic rings. The monoisotopic (exact) mass is 388 g/mol. The lowest BCUT2D eigenvalue weighted by molar-refractivity contribution is 1.43. The summed E-state index contributed by atoms with van der Waals surface area (Å²) in [6.45, 7) is 4.19. The largest absolute Gasteiger partial charge is 0.246 e. The van der Waals surface area contributed by atoms with Crippen LogP contribution in [0, 0.1) is 13.8 Å². The zero-order valence-corrected chi connectivity index (χ0v) is 17.3. The molecule has 0 heterocycles. The Bertz CT molecular complexity index is 1060. The molecule has 0 radical (unpaired) electrons. The van der Waals surface area contributed by atoms with Crippen LogP contribution < -0.4 is 0 Å². The van der Waals surface area contributed by atoms with Gasteiger partial charge in [0.15, 0.2) is 0 Å². The average Bonchev–Trinajstić information content (AvgIpc) is 2.79. The fourth-order valence-corrected chi connectivity index (χ4v) is 3.19. The Morgan fingerprint density at radius 1 is 0.433 bits per heavy atom. The first-order valence-electron chi connectivity index (χ1n) is 10.1. The van der Waals surface area contributed by atoms with Gasteiger partial charge in [0.2, 0.25) is 0 Å². The van der Waals surface area contributed by atoms with Crippen LogP contribution in [-0.2, 0) is 0 Å². The van der Waals surface area contributed by atoms with Crippen LogP contribution in [-0.4, -0.2) is 11.4 Å². The van der Waals surface area contributed by atoms with Crippen molar-refractivity contribution in [3.8, 4) is 0 Å². The van der Waals surface area contributed by atoms with Gasteiger partial charge in [-0.3, -0.25) is 0 Å². The van der Waals surface area contributed by atoms with Crippen LogP contribution in [0.15, 0.2) is 119 Å². The third-order valence-electron chi connectivity index (χ3n) is 4.87. The Morgan fingerprint density at radius 2 is 0.767 bits per heavy atom. The third kappa shape index (κ3) is 4.79. The Balaban J connectivity index is 1.94. The first kappa shape index (κ1) is 19.5. The molecule has 2 heteroatoms. The first-order chi connectivity index (χ1) is 14.7. The van der Waals surface area contributed by atoms with Crippen LogP contribution in [0.1, 0.15) is 22.3 Å². The minimum Gasteiger partial charge on any atom is -0.246 e. The van der Waals surface area contributed by atoms with Gasteiger partial charge in [-0.25, -0.2) is 9.98 Å². The van der Waals surface area contributed by atoms with E-state index in [2.05, 4.69) is 62.4 Å². The fraction of sp³-hybridized carbons (Fsp3) is 0.0714. The van der Waals surface area contributed by atoms with Gasteiger partial charge in [-0.2, -0.15) is 0 Å². The lowest BCUT2D eigenvalue weighted by Crippen LogP contribution is -2.17. The summed E-state index contributed by atoms with van der Waals surface area (Å²) in [4.78, 5) is 10.1. The molecule has 0 saturated heterocycles. The van der Waals surface area contributed by atoms with Gasteiger partial charge in [0.1, 0.15) is 0 Å². The zero-order valence-electron chi connectivity index (χ0n) is 17.3. The smallest absolute Gasteiger partial charge is 0.0972 e. The predicted octanol–water partition coefficient (Wildman–Crippen LogP) is 7.25. The Morgan fingerprint density at radius 3 is 1.10 bits per heavy atom. The van der Waals surface area contributed by atoms with Crippen molar-refractivity contribution in [3.05, 3.63) is 131 Å². The molecule has 0 aromatic heterocycles. The van der Waals surface area contributed by atoms with Crippen molar-refractivity contribution in [2.24, 2.45) is 9.98 Å². The lowest BCUT2D eigenvalue weighted by atomic mass is 9.97. The van der Waals surface area contributed by atoms with E-state index in [1.807, 2.05) is 60.7 Å². The maximum Gasteiger partial charge on any atom is 0.0972 e. The third-order valence-corrected chi connectivity index (χ3v) is 4.87. The summed E-state index contributed by atoms with van der Waals surface area (Å²) in [7, 11) is 0. The van der Waals surface area contributed by atoms with Crippen LogP contribution in [0.5, 0.6) is 0 Å². The maximum atomic E-state index is 5.04. The van der Waals surface area contributed by atoms with Gasteiger partial charge in [-0.05, 0) is 38.1 Å². The topological polar surface area (TPSA) is 24.7 Å². The van der Waals surface area contributed by atoms with E-state index in [0.717, 1.165) is 33.9 Å². The number of aryl methyl sites for hydroxylation is 2. The number of nitrogens with zero attached hydrogens (tertiary/aromatic N) is 2. The van der Waals surface area contributed by atoms with Gasteiger partial charge >= 0.3 is 0 Å². The summed E-state index contributed by atoms with van der Waals surface area (Å²) < 4.78 is 0. The molecule has 0 unspecified atom stereocenters. The second-order valence-electron chi connectivity index (χ2n) is 7.32. The van der Waals surface area contributed by atoms with Crippen LogP contribution in [0.2, 0.25) is 0 Å². The molecule has 2 nitrogen and oxygen atoms in total. The van der Waals surface area contributed by atoms with Gasteiger partial charge < -0.3 is 0 Å². The molecule has 146 valence electrons. The van der Waals surface area contributed by atoms with Gasteiger partial charge in [0, 0.05) is 11.1 Å². The molecule has 0 aliphatic heterocycles. The number of hydrogen-bond acceptors (Lipinski definition) is 2. The molecular formula is C28H24N2. The minimum absolute atomic E-state index is 0.855. The molecule has 0 spiro atoms. The summed E-state index contributed by atoms with van der Waals surface area (Å²) in [5, 5.41) is 0. The fourth-order valence-electron chi connectivity index (χ4n) is 3.19. The van der Waals surface area contributed by atoms with Gasteiger partial charge in [-0.1, -0.05) is 96.1 Å². The Hall–Kier alpha value is -3.78. The normalized spacial score (nSPS) is 12.1. The number of benzene rings is 4. The SMILES string of the molecule is Cc1ccc(C(=Nc2ccccc2)C(=Nc2ccccc2)c2ccc(C)cc2)cc1. The summed E-state index contributed by atoms with van der Waals surface area (Å²) in [5.74, 6) is 0. The predicted molar refractivity (Wildman–Crippen MR) is 128 cm³/mol. The summed E-state index contributed by atoms with van der Waals surface area (Å²) >= 11 is 0. The standard InChI is InChI=1S/C28H24N2/c1-21-13-17-23(18-14-21)27(29-25-9-5-3-6-10-25)28(24-19-15-22(2)16-20-24)30-26-11-7-4-8-12-26/h3-20H,1-2H3. The summed E-state index contributed by atoms with van der Waals surface area (Å²) in [5.41, 5.74) is 8.04. The molecule has 4 rings (SSSR count). The molecule has 30 heavy (non-hydrogen) atoms. The van der Waals surface area contributed by atoms with E-state index < -0.39 is 0 Å². The van der Waals surface area contributed by atoms with E-state index in [-0.39, 0.29) is 0 Å². The van der Waals surface area contributed by atoms with E-state index in [0.29, 0.717) is 0 Å². The number of rotatable bonds is 5. The summed E-state index contributed by atoms with van der Waals surface area (Å²) in [6, 6.07) is 37.0. The quantitative estimate of drug-likeness (QED) is 0.322. The Labute approximate surface area is 178 Å². The summed E-state index contributed by atoms with van der Waals surface area (Å²) in [6.07, 6.45) is 0. The van der Waals surface area contributed by atoms with Crippen molar-refractivity contribution < 1.29 is 0 Å². The van der Waals surface area contributed by atoms with Crippen molar-refractivity contribution in [3.63, 3.8) is 0 Å². The van der Waals surface area contributed by atoms with Crippen LogP contribution in [0.25, 0.3) is 0 Å². The number of hydrogen-bond donors (Lipinski definition) is 0. The van der Waals surface area contributed by atoms with E-state index >= 15 is 0 Å². The van der Waals surface area contributed by atoms with Gasteiger partial charge in [0.05, 0.1) is 22.8 Å². The Kier molecular flexibility index (Phi) is 5.95. The molecule has 0 fully saturated rings. The number of aliphatic imine (C=N–C) groups is 2. The highest BCUT2D eigenvalue weighted by Gasteiger charge is 2.15. The maximum absolute atomic E-state index is 5.04. The van der Waals surface area contributed by atoms with Crippen molar-refractivity contribution in [2.75, 3.05) is 0 Å².